The predicted molar refractivity (Wildman–Crippen MR) is 162 cm³/mol. The zero-order valence-electron chi connectivity index (χ0n) is 26.2. The number of anilines is 1. The third-order valence-corrected chi connectivity index (χ3v) is 12.6. The number of rotatable bonds is 11. The molecular weight excluding hydrogens is 582 g/mol. The van der Waals surface area contributed by atoms with Gasteiger partial charge in [-0.15, -0.1) is 11.3 Å². The largest absolute Gasteiger partial charge is 0.467 e. The second-order valence-electron chi connectivity index (χ2n) is 12.8. The molecule has 1 fully saturated rings. The first-order valence-electron chi connectivity index (χ1n) is 14.0. The summed E-state index contributed by atoms with van der Waals surface area (Å²) in [6, 6.07) is -2.45. The van der Waals surface area contributed by atoms with Gasteiger partial charge < -0.3 is 39.9 Å². The molecule has 15 heteroatoms. The monoisotopic (exact) mass is 629 g/mol. The lowest BCUT2D eigenvalue weighted by molar-refractivity contribution is -0.146. The fraction of sp³-hybridized carbons (Fsp3) is 0.741. The smallest absolute Gasteiger partial charge is 0.407 e. The van der Waals surface area contributed by atoms with Crippen LogP contribution >= 0.6 is 11.3 Å². The average molecular weight is 630 g/mol. The maximum Gasteiger partial charge on any atom is 0.407 e. The fourth-order valence-corrected chi connectivity index (χ4v) is 5.60. The Morgan fingerprint density at radius 1 is 1.10 bits per heavy atom. The maximum absolute atomic E-state index is 13.2. The Morgan fingerprint density at radius 2 is 1.71 bits per heavy atom. The first kappa shape index (κ1) is 35.4. The van der Waals surface area contributed by atoms with Crippen LogP contribution in [0.2, 0.25) is 18.1 Å². The van der Waals surface area contributed by atoms with Crippen molar-refractivity contribution in [2.24, 2.45) is 0 Å². The number of ether oxygens (including phenoxy) is 2. The number of aromatic nitrogens is 1. The highest BCUT2D eigenvalue weighted by atomic mass is 32.1. The van der Waals surface area contributed by atoms with Gasteiger partial charge in [-0.1, -0.05) is 20.8 Å². The molecular formula is C27H47N5O8SSi. The average Bonchev–Trinajstić information content (AvgIpc) is 3.38. The van der Waals surface area contributed by atoms with Gasteiger partial charge in [0.05, 0.1) is 20.3 Å². The first-order valence-corrected chi connectivity index (χ1v) is 17.8. The molecule has 42 heavy (non-hydrogen) atoms. The van der Waals surface area contributed by atoms with Crippen molar-refractivity contribution < 1.29 is 38.2 Å². The molecule has 1 aliphatic heterocycles. The van der Waals surface area contributed by atoms with Gasteiger partial charge in [-0.3, -0.25) is 9.59 Å². The van der Waals surface area contributed by atoms with Crippen LogP contribution in [0, 0.1) is 0 Å². The van der Waals surface area contributed by atoms with Crippen molar-refractivity contribution in [1.29, 1.82) is 0 Å². The van der Waals surface area contributed by atoms with Gasteiger partial charge in [0.2, 0.25) is 5.91 Å². The summed E-state index contributed by atoms with van der Waals surface area (Å²) in [6.07, 6.45) is 0.946. The van der Waals surface area contributed by atoms with E-state index in [0.717, 1.165) is 7.11 Å². The van der Waals surface area contributed by atoms with E-state index in [-0.39, 0.29) is 23.4 Å². The van der Waals surface area contributed by atoms with Crippen molar-refractivity contribution >= 4 is 48.7 Å². The molecule has 2 heterocycles. The molecule has 2 atom stereocenters. The predicted octanol–water partition coefficient (Wildman–Crippen LogP) is 2.41. The number of hydrogen-bond acceptors (Lipinski definition) is 11. The van der Waals surface area contributed by atoms with Crippen molar-refractivity contribution in [3.63, 3.8) is 0 Å². The summed E-state index contributed by atoms with van der Waals surface area (Å²) < 4.78 is 16.2. The molecule has 2 unspecified atom stereocenters. The van der Waals surface area contributed by atoms with Crippen LogP contribution in [0.3, 0.4) is 0 Å². The number of alkyl carbamates (subject to hydrolysis) is 1. The number of carbonyl (C=O) groups is 4. The summed E-state index contributed by atoms with van der Waals surface area (Å²) in [6.45, 7) is 16.1. The van der Waals surface area contributed by atoms with E-state index < -0.39 is 56.5 Å². The van der Waals surface area contributed by atoms with E-state index in [4.69, 9.17) is 9.16 Å². The molecule has 1 saturated heterocycles. The summed E-state index contributed by atoms with van der Waals surface area (Å²) in [5.74, 6) is -2.08. The van der Waals surface area contributed by atoms with Gasteiger partial charge in [0, 0.05) is 24.5 Å². The topological polar surface area (TPSA) is 168 Å². The number of nitrogens with one attached hydrogen (secondary N) is 3. The van der Waals surface area contributed by atoms with Crippen LogP contribution in [0.1, 0.15) is 64.9 Å². The number of carbonyl (C=O) groups excluding carboxylic acids is 4. The molecule has 0 aromatic carbocycles. The fourth-order valence-electron chi connectivity index (χ4n) is 3.72. The first-order chi connectivity index (χ1) is 19.4. The van der Waals surface area contributed by atoms with Crippen LogP contribution in [0.4, 0.5) is 9.93 Å². The Hall–Kier alpha value is -2.75. The lowest BCUT2D eigenvalue weighted by atomic mass is 10.1. The highest BCUT2D eigenvalue weighted by molar-refractivity contribution is 7.13. The van der Waals surface area contributed by atoms with Gasteiger partial charge in [0.1, 0.15) is 17.3 Å². The van der Waals surface area contributed by atoms with Crippen molar-refractivity contribution in [2.45, 2.75) is 96.2 Å². The van der Waals surface area contributed by atoms with E-state index in [1.54, 1.807) is 5.38 Å². The molecule has 0 spiro atoms. The molecule has 4 N–H and O–H groups in total. The quantitative estimate of drug-likeness (QED) is 0.211. The number of aliphatic hydroxyl groups is 1. The number of amides is 3. The highest BCUT2D eigenvalue weighted by Crippen LogP contribution is 2.36. The van der Waals surface area contributed by atoms with Crippen molar-refractivity contribution in [1.82, 2.24) is 20.9 Å². The number of esters is 1. The van der Waals surface area contributed by atoms with E-state index in [1.807, 2.05) is 38.8 Å². The lowest BCUT2D eigenvalue weighted by Crippen LogP contribution is -2.56. The number of piperidine rings is 1. The zero-order chi connectivity index (χ0) is 31.9. The third-order valence-electron chi connectivity index (χ3n) is 7.23. The van der Waals surface area contributed by atoms with Crippen LogP contribution in [-0.4, -0.2) is 99.4 Å². The van der Waals surface area contributed by atoms with Gasteiger partial charge >= 0.3 is 12.1 Å². The Labute approximate surface area is 253 Å². The van der Waals surface area contributed by atoms with E-state index in [2.05, 4.69) is 46.4 Å². The molecule has 1 aromatic rings. The second kappa shape index (κ2) is 14.6. The molecule has 2 rings (SSSR count). The van der Waals surface area contributed by atoms with Gasteiger partial charge in [-0.2, -0.15) is 0 Å². The minimum Gasteiger partial charge on any atom is -0.467 e. The Bertz CT molecular complexity index is 1090. The zero-order valence-corrected chi connectivity index (χ0v) is 28.0. The van der Waals surface area contributed by atoms with E-state index in [1.165, 1.54) is 11.3 Å². The molecule has 238 valence electrons. The summed E-state index contributed by atoms with van der Waals surface area (Å²) in [4.78, 5) is 56.9. The normalized spacial score (nSPS) is 16.3. The summed E-state index contributed by atoms with van der Waals surface area (Å²) in [5, 5.41) is 19.7. The summed E-state index contributed by atoms with van der Waals surface area (Å²) in [5.41, 5.74) is -0.429. The Kier molecular flexibility index (Phi) is 12.3. The number of aliphatic hydroxyl groups excluding tert-OH is 1. The molecule has 13 nitrogen and oxygen atoms in total. The van der Waals surface area contributed by atoms with E-state index in [9.17, 15) is 24.3 Å². The van der Waals surface area contributed by atoms with Crippen LogP contribution in [0.25, 0.3) is 0 Å². The van der Waals surface area contributed by atoms with Crippen LogP contribution < -0.4 is 20.9 Å². The van der Waals surface area contributed by atoms with Gasteiger partial charge in [0.25, 0.3) is 5.91 Å². The van der Waals surface area contributed by atoms with Crippen molar-refractivity contribution in [3.05, 3.63) is 11.1 Å². The number of methoxy groups -OCH3 is 1. The standard InChI is InChI=1S/C27H47N5O8SSi/c1-26(2,3)40-25(37)28-17-10-12-32(13-11-17)24-31-20(16-41-24)22(35)30-19(15-39-42(8,9)27(4,5)6)21(34)29-18(14-33)23(36)38-7/h16-19,33H,10-15H2,1-9H3,(H,28,37)(H,29,34)(H,30,35). The van der Waals surface area contributed by atoms with Crippen LogP contribution in [0.5, 0.6) is 0 Å². The molecule has 0 radical (unpaired) electrons. The van der Waals surface area contributed by atoms with Gasteiger partial charge in [0.15, 0.2) is 19.5 Å². The van der Waals surface area contributed by atoms with E-state index >= 15 is 0 Å². The number of hydrogen-bond donors (Lipinski definition) is 4. The SMILES string of the molecule is COC(=O)C(CO)NC(=O)C(CO[Si](C)(C)C(C)(C)C)NC(=O)c1csc(N2CCC(NC(=O)OC(C)(C)C)CC2)n1. The number of nitrogens with zero attached hydrogens (tertiary/aromatic N) is 2. The Balaban J connectivity index is 2.07. The molecule has 3 amide bonds. The van der Waals surface area contributed by atoms with Crippen LogP contribution in [0.15, 0.2) is 5.38 Å². The minimum atomic E-state index is -2.29. The van der Waals surface area contributed by atoms with Crippen molar-refractivity contribution in [3.8, 4) is 0 Å². The molecule has 0 bridgehead atoms. The lowest BCUT2D eigenvalue weighted by Gasteiger charge is -2.37. The molecule has 0 aliphatic carbocycles. The van der Waals surface area contributed by atoms with E-state index in [0.29, 0.717) is 31.1 Å². The minimum absolute atomic E-state index is 0.0215. The molecule has 1 aliphatic rings. The van der Waals surface area contributed by atoms with Gasteiger partial charge in [-0.25, -0.2) is 14.6 Å². The summed E-state index contributed by atoms with van der Waals surface area (Å²) in [7, 11) is -1.14. The van der Waals surface area contributed by atoms with Gasteiger partial charge in [-0.05, 0) is 51.7 Å². The van der Waals surface area contributed by atoms with Crippen molar-refractivity contribution in [2.75, 3.05) is 38.3 Å². The molecule has 0 saturated carbocycles. The second-order valence-corrected chi connectivity index (χ2v) is 18.4. The summed E-state index contributed by atoms with van der Waals surface area (Å²) >= 11 is 1.31. The Morgan fingerprint density at radius 3 is 2.24 bits per heavy atom. The highest BCUT2D eigenvalue weighted by Gasteiger charge is 2.39. The third kappa shape index (κ3) is 10.5. The van der Waals surface area contributed by atoms with Crippen LogP contribution in [-0.2, 0) is 23.5 Å². The maximum atomic E-state index is 13.2. The number of thiazole rings is 1. The molecule has 1 aromatic heterocycles.